The number of nitro benzene ring substituents is 1. The summed E-state index contributed by atoms with van der Waals surface area (Å²) in [5.41, 5.74) is 3.22. The Morgan fingerprint density at radius 3 is 2.48 bits per heavy atom. The number of carbonyl (C=O) groups excluding carboxylic acids is 2. The Hall–Kier alpha value is -3.02. The van der Waals surface area contributed by atoms with Gasteiger partial charge in [0, 0.05) is 24.5 Å². The second-order valence-corrected chi connectivity index (χ2v) is 6.00. The SMILES string of the molecule is Cc1ccc(C)c(C(=O)CCC(=O)Nc2cccc([N+](=O)[O-])c2C)c1. The van der Waals surface area contributed by atoms with Crippen LogP contribution in [0.25, 0.3) is 0 Å². The number of hydrogen-bond donors (Lipinski definition) is 1. The summed E-state index contributed by atoms with van der Waals surface area (Å²) in [6.45, 7) is 5.35. The van der Waals surface area contributed by atoms with Crippen LogP contribution in [0.2, 0.25) is 0 Å². The van der Waals surface area contributed by atoms with Crippen LogP contribution in [0.15, 0.2) is 36.4 Å². The van der Waals surface area contributed by atoms with Gasteiger partial charge >= 0.3 is 0 Å². The van der Waals surface area contributed by atoms with Crippen LogP contribution in [0.1, 0.15) is 39.9 Å². The first kappa shape index (κ1) is 18.3. The smallest absolute Gasteiger partial charge is 0.274 e. The molecule has 0 aromatic heterocycles. The summed E-state index contributed by atoms with van der Waals surface area (Å²) in [4.78, 5) is 34.9. The van der Waals surface area contributed by atoms with E-state index in [4.69, 9.17) is 0 Å². The van der Waals surface area contributed by atoms with E-state index in [9.17, 15) is 19.7 Å². The lowest BCUT2D eigenvalue weighted by atomic mass is 9.99. The number of carbonyl (C=O) groups is 2. The summed E-state index contributed by atoms with van der Waals surface area (Å²) < 4.78 is 0. The number of nitrogens with zero attached hydrogens (tertiary/aromatic N) is 1. The Morgan fingerprint density at radius 1 is 1.08 bits per heavy atom. The van der Waals surface area contributed by atoms with Gasteiger partial charge in [0.2, 0.25) is 5.91 Å². The zero-order valence-electron chi connectivity index (χ0n) is 14.5. The van der Waals surface area contributed by atoms with Crippen LogP contribution in [0.4, 0.5) is 11.4 Å². The molecule has 0 bridgehead atoms. The Kier molecular flexibility index (Phi) is 5.64. The molecular weight excluding hydrogens is 320 g/mol. The average Bonchev–Trinajstić information content (AvgIpc) is 2.56. The first-order valence-electron chi connectivity index (χ1n) is 7.94. The predicted octanol–water partition coefficient (Wildman–Crippen LogP) is 4.12. The zero-order chi connectivity index (χ0) is 18.6. The highest BCUT2D eigenvalue weighted by molar-refractivity contribution is 6.01. The first-order chi connectivity index (χ1) is 11.8. The van der Waals surface area contributed by atoms with Crippen molar-refractivity contribution in [1.29, 1.82) is 0 Å². The Balaban J connectivity index is 2.02. The summed E-state index contributed by atoms with van der Waals surface area (Å²) in [6.07, 6.45) is 0.110. The molecule has 0 atom stereocenters. The number of ketones is 1. The van der Waals surface area contributed by atoms with Gasteiger partial charge in [-0.2, -0.15) is 0 Å². The standard InChI is InChI=1S/C19H20N2O4/c1-12-7-8-13(2)15(11-12)18(22)9-10-19(23)20-16-5-4-6-17(14(16)3)21(24)25/h4-8,11H,9-10H2,1-3H3,(H,20,23). The van der Waals surface area contributed by atoms with Crippen molar-refractivity contribution in [3.05, 3.63) is 68.8 Å². The zero-order valence-corrected chi connectivity index (χ0v) is 14.5. The van der Waals surface area contributed by atoms with Gasteiger partial charge in [0.25, 0.3) is 5.69 Å². The lowest BCUT2D eigenvalue weighted by Gasteiger charge is -2.09. The van der Waals surface area contributed by atoms with Crippen LogP contribution >= 0.6 is 0 Å². The summed E-state index contributed by atoms with van der Waals surface area (Å²) in [5.74, 6) is -0.436. The number of benzene rings is 2. The van der Waals surface area contributed by atoms with Crippen molar-refractivity contribution < 1.29 is 14.5 Å². The molecule has 0 fully saturated rings. The van der Waals surface area contributed by atoms with Gasteiger partial charge in [-0.3, -0.25) is 19.7 Å². The molecule has 2 aromatic rings. The van der Waals surface area contributed by atoms with Crippen LogP contribution in [-0.2, 0) is 4.79 Å². The number of anilines is 1. The highest BCUT2D eigenvalue weighted by Crippen LogP contribution is 2.25. The average molecular weight is 340 g/mol. The monoisotopic (exact) mass is 340 g/mol. The van der Waals surface area contributed by atoms with Gasteiger partial charge in [-0.25, -0.2) is 0 Å². The van der Waals surface area contributed by atoms with Gasteiger partial charge in [0.05, 0.1) is 16.2 Å². The van der Waals surface area contributed by atoms with E-state index in [-0.39, 0.29) is 30.2 Å². The summed E-state index contributed by atoms with van der Waals surface area (Å²) >= 11 is 0. The number of Topliss-reactive ketones (excluding diaryl/α,β-unsaturated/α-hetero) is 1. The molecule has 0 saturated carbocycles. The fourth-order valence-corrected chi connectivity index (χ4v) is 2.57. The molecular formula is C19H20N2O4. The van der Waals surface area contributed by atoms with Crippen molar-refractivity contribution in [3.8, 4) is 0 Å². The van der Waals surface area contributed by atoms with E-state index in [1.807, 2.05) is 32.0 Å². The van der Waals surface area contributed by atoms with Crippen LogP contribution in [-0.4, -0.2) is 16.6 Å². The molecule has 1 amide bonds. The molecule has 0 saturated heterocycles. The number of nitrogens with one attached hydrogen (secondary N) is 1. The number of amides is 1. The maximum absolute atomic E-state index is 12.3. The van der Waals surface area contributed by atoms with Gasteiger partial charge in [-0.15, -0.1) is 0 Å². The molecule has 1 N–H and O–H groups in total. The summed E-state index contributed by atoms with van der Waals surface area (Å²) in [5, 5.41) is 13.6. The van der Waals surface area contributed by atoms with Crippen LogP contribution in [0.5, 0.6) is 0 Å². The molecule has 0 aliphatic rings. The van der Waals surface area contributed by atoms with Gasteiger partial charge in [0.1, 0.15) is 0 Å². The molecule has 0 aliphatic heterocycles. The molecule has 2 aromatic carbocycles. The third-order valence-corrected chi connectivity index (χ3v) is 4.05. The lowest BCUT2D eigenvalue weighted by molar-refractivity contribution is -0.385. The molecule has 0 aliphatic carbocycles. The Morgan fingerprint density at radius 2 is 1.80 bits per heavy atom. The normalized spacial score (nSPS) is 10.4. The van der Waals surface area contributed by atoms with E-state index in [1.165, 1.54) is 12.1 Å². The fraction of sp³-hybridized carbons (Fsp3) is 0.263. The third-order valence-electron chi connectivity index (χ3n) is 4.05. The number of hydrogen-bond acceptors (Lipinski definition) is 4. The van der Waals surface area contributed by atoms with Gasteiger partial charge in [0.15, 0.2) is 5.78 Å². The van der Waals surface area contributed by atoms with Gasteiger partial charge in [-0.05, 0) is 38.5 Å². The van der Waals surface area contributed by atoms with E-state index >= 15 is 0 Å². The molecule has 6 heteroatoms. The summed E-state index contributed by atoms with van der Waals surface area (Å²) in [7, 11) is 0. The lowest BCUT2D eigenvalue weighted by Crippen LogP contribution is -2.15. The highest BCUT2D eigenvalue weighted by atomic mass is 16.6. The number of rotatable bonds is 6. The van der Waals surface area contributed by atoms with Gasteiger partial charge in [-0.1, -0.05) is 23.8 Å². The molecule has 2 rings (SSSR count). The van der Waals surface area contributed by atoms with E-state index in [2.05, 4.69) is 5.32 Å². The minimum atomic E-state index is -0.491. The summed E-state index contributed by atoms with van der Waals surface area (Å²) in [6, 6.07) is 10.1. The molecule has 130 valence electrons. The largest absolute Gasteiger partial charge is 0.326 e. The van der Waals surface area contributed by atoms with Crippen molar-refractivity contribution in [2.45, 2.75) is 33.6 Å². The molecule has 25 heavy (non-hydrogen) atoms. The minimum absolute atomic E-state index is 0.0222. The molecule has 0 spiro atoms. The molecule has 6 nitrogen and oxygen atoms in total. The quantitative estimate of drug-likeness (QED) is 0.486. The number of nitro groups is 1. The molecule has 0 unspecified atom stereocenters. The van der Waals surface area contributed by atoms with E-state index in [0.29, 0.717) is 16.8 Å². The van der Waals surface area contributed by atoms with Gasteiger partial charge < -0.3 is 5.32 Å². The van der Waals surface area contributed by atoms with Crippen molar-refractivity contribution in [3.63, 3.8) is 0 Å². The fourth-order valence-electron chi connectivity index (χ4n) is 2.57. The Bertz CT molecular complexity index is 843. The van der Waals surface area contributed by atoms with Crippen molar-refractivity contribution in [1.82, 2.24) is 0 Å². The topological polar surface area (TPSA) is 89.3 Å². The maximum Gasteiger partial charge on any atom is 0.274 e. The second-order valence-electron chi connectivity index (χ2n) is 6.00. The van der Waals surface area contributed by atoms with E-state index in [0.717, 1.165) is 11.1 Å². The number of aryl methyl sites for hydroxylation is 2. The van der Waals surface area contributed by atoms with Crippen LogP contribution in [0, 0.1) is 30.9 Å². The Labute approximate surface area is 146 Å². The van der Waals surface area contributed by atoms with E-state index in [1.54, 1.807) is 13.0 Å². The molecule has 0 heterocycles. The second kappa shape index (κ2) is 7.70. The van der Waals surface area contributed by atoms with Crippen molar-refractivity contribution in [2.24, 2.45) is 0 Å². The minimum Gasteiger partial charge on any atom is -0.326 e. The highest BCUT2D eigenvalue weighted by Gasteiger charge is 2.16. The predicted molar refractivity (Wildman–Crippen MR) is 95.9 cm³/mol. The van der Waals surface area contributed by atoms with Crippen LogP contribution < -0.4 is 5.32 Å². The van der Waals surface area contributed by atoms with Crippen molar-refractivity contribution in [2.75, 3.05) is 5.32 Å². The van der Waals surface area contributed by atoms with E-state index < -0.39 is 4.92 Å². The first-order valence-corrected chi connectivity index (χ1v) is 7.94. The molecule has 0 radical (unpaired) electrons. The maximum atomic E-state index is 12.3. The van der Waals surface area contributed by atoms with Crippen LogP contribution in [0.3, 0.4) is 0 Å². The third kappa shape index (κ3) is 4.50. The van der Waals surface area contributed by atoms with Crippen molar-refractivity contribution >= 4 is 23.1 Å².